The molecule has 3 aromatic rings. The van der Waals surface area contributed by atoms with Gasteiger partial charge in [-0.2, -0.15) is 0 Å². The van der Waals surface area contributed by atoms with Crippen molar-refractivity contribution in [2.75, 3.05) is 20.3 Å². The number of aliphatic hydroxyl groups is 9. The molecular weight excluding hydrogens is 744 g/mol. The number of hydrogen-bond acceptors (Lipinski definition) is 21. The number of methoxy groups -OCH3 is 1. The van der Waals surface area contributed by atoms with E-state index in [1.807, 2.05) is 0 Å². The summed E-state index contributed by atoms with van der Waals surface area (Å²) in [7, 11) is 1.25. The Kier molecular flexibility index (Phi) is 12.1. The number of phenolic OH excluding ortho intramolecular Hbond substituents is 3. The molecule has 0 aliphatic carbocycles. The lowest BCUT2D eigenvalue weighted by Crippen LogP contribution is -2.65. The molecule has 2 aromatic carbocycles. The molecule has 21 heteroatoms. The summed E-state index contributed by atoms with van der Waals surface area (Å²) in [6.45, 7) is -0.187. The molecule has 55 heavy (non-hydrogen) atoms. The number of fused-ring (bicyclic) bond motifs is 1. The van der Waals surface area contributed by atoms with Crippen LogP contribution >= 0.6 is 0 Å². The molecule has 1 aromatic heterocycles. The molecule has 21 nitrogen and oxygen atoms in total. The molecule has 3 fully saturated rings. The Balaban J connectivity index is 1.41. The van der Waals surface area contributed by atoms with Gasteiger partial charge in [-0.3, -0.25) is 4.79 Å². The van der Waals surface area contributed by atoms with Gasteiger partial charge in [-0.15, -0.1) is 0 Å². The highest BCUT2D eigenvalue weighted by molar-refractivity contribution is 5.88. The van der Waals surface area contributed by atoms with Crippen LogP contribution in [0, 0.1) is 0 Å². The maximum atomic E-state index is 14.2. The maximum Gasteiger partial charge on any atom is 0.239 e. The third-order valence-corrected chi connectivity index (χ3v) is 9.61. The number of benzene rings is 2. The number of aliphatic hydroxyl groups excluding tert-OH is 9. The van der Waals surface area contributed by atoms with Gasteiger partial charge in [0.2, 0.25) is 17.5 Å². The molecule has 6 rings (SSSR count). The van der Waals surface area contributed by atoms with E-state index in [1.54, 1.807) is 0 Å². The lowest BCUT2D eigenvalue weighted by atomic mass is 9.97. The standard InChI is InChI=1S/C34H42O21/c1-10-20(39)24(43)28(47)33(50-10)55-31-26(45)22(41)18(9-49-32-27(46)25(44)21(40)17(8-35)52-32)53-34(31)54-30-23(42)19-14(38)6-12(36)7-16(19)51-29(30)11-3-4-13(37)15(5-11)48-2/h3-7,10,17-18,20-22,24-28,31-41,43-47H,8-9H2,1-2H3/t10?,17?,18?,20-,21+,22+,24?,25-,26-,27?,28-,31?,32+,33-,34-/m0/s1. The first-order valence-electron chi connectivity index (χ1n) is 16.9. The van der Waals surface area contributed by atoms with Crippen molar-refractivity contribution in [1.82, 2.24) is 0 Å². The van der Waals surface area contributed by atoms with Crippen molar-refractivity contribution >= 4 is 11.0 Å². The molecule has 0 radical (unpaired) electrons. The van der Waals surface area contributed by atoms with Gasteiger partial charge < -0.3 is 98.9 Å². The molecule has 3 aliphatic heterocycles. The van der Waals surface area contributed by atoms with Crippen molar-refractivity contribution in [2.45, 2.75) is 99.0 Å². The van der Waals surface area contributed by atoms with E-state index >= 15 is 0 Å². The Morgan fingerprint density at radius 1 is 0.709 bits per heavy atom. The molecule has 3 saturated heterocycles. The number of phenols is 3. The predicted octanol–water partition coefficient (Wildman–Crippen LogP) is -3.56. The lowest BCUT2D eigenvalue weighted by Gasteiger charge is -2.46. The monoisotopic (exact) mass is 786 g/mol. The fourth-order valence-electron chi connectivity index (χ4n) is 6.46. The lowest BCUT2D eigenvalue weighted by molar-refractivity contribution is -0.360. The second-order valence-corrected chi connectivity index (χ2v) is 13.3. The number of ether oxygens (including phenoxy) is 7. The Hall–Kier alpha value is -3.91. The largest absolute Gasteiger partial charge is 0.508 e. The van der Waals surface area contributed by atoms with Crippen molar-refractivity contribution in [3.8, 4) is 40.1 Å². The normalized spacial score (nSPS) is 36.8. The van der Waals surface area contributed by atoms with Crippen LogP contribution in [0.25, 0.3) is 22.3 Å². The summed E-state index contributed by atoms with van der Waals surface area (Å²) >= 11 is 0. The van der Waals surface area contributed by atoms with E-state index in [4.69, 9.17) is 37.6 Å². The van der Waals surface area contributed by atoms with Gasteiger partial charge >= 0.3 is 0 Å². The van der Waals surface area contributed by atoms with Crippen LogP contribution < -0.4 is 14.9 Å². The van der Waals surface area contributed by atoms with E-state index < -0.39 is 139 Å². The smallest absolute Gasteiger partial charge is 0.239 e. The van der Waals surface area contributed by atoms with Gasteiger partial charge in [-0.1, -0.05) is 0 Å². The molecule has 6 unspecified atom stereocenters. The molecular formula is C34H42O21. The topological polar surface area (TPSA) is 338 Å². The highest BCUT2D eigenvalue weighted by Gasteiger charge is 2.52. The Morgan fingerprint density at radius 2 is 1.36 bits per heavy atom. The average molecular weight is 787 g/mol. The zero-order valence-electron chi connectivity index (χ0n) is 29.0. The van der Waals surface area contributed by atoms with Crippen molar-refractivity contribution in [2.24, 2.45) is 0 Å². The zero-order valence-corrected chi connectivity index (χ0v) is 29.0. The molecule has 0 spiro atoms. The summed E-state index contributed by atoms with van der Waals surface area (Å²) < 4.78 is 45.4. The van der Waals surface area contributed by atoms with Crippen LogP contribution in [0.4, 0.5) is 0 Å². The summed E-state index contributed by atoms with van der Waals surface area (Å²) in [5, 5.41) is 125. The van der Waals surface area contributed by atoms with Crippen LogP contribution in [0.15, 0.2) is 39.5 Å². The summed E-state index contributed by atoms with van der Waals surface area (Å²) in [6, 6.07) is 5.62. The summed E-state index contributed by atoms with van der Waals surface area (Å²) in [4.78, 5) is 14.2. The van der Waals surface area contributed by atoms with E-state index in [0.717, 1.165) is 12.1 Å². The zero-order chi connectivity index (χ0) is 40.0. The van der Waals surface area contributed by atoms with E-state index in [0.29, 0.717) is 0 Å². The van der Waals surface area contributed by atoms with Gasteiger partial charge in [-0.05, 0) is 25.1 Å². The Labute approximate surface area is 309 Å². The predicted molar refractivity (Wildman–Crippen MR) is 178 cm³/mol. The maximum absolute atomic E-state index is 14.2. The summed E-state index contributed by atoms with van der Waals surface area (Å²) in [6.07, 6.45) is -26.3. The fraction of sp³-hybridized carbons (Fsp3) is 0.559. The van der Waals surface area contributed by atoms with Gasteiger partial charge in [0, 0.05) is 17.7 Å². The molecule has 4 heterocycles. The molecule has 3 aliphatic rings. The second-order valence-electron chi connectivity index (χ2n) is 13.3. The quantitative estimate of drug-likeness (QED) is 0.0946. The summed E-state index contributed by atoms with van der Waals surface area (Å²) in [5.74, 6) is -2.73. The minimum atomic E-state index is -2.06. The minimum Gasteiger partial charge on any atom is -0.508 e. The van der Waals surface area contributed by atoms with Gasteiger partial charge in [0.05, 0.1) is 26.4 Å². The fourth-order valence-corrected chi connectivity index (χ4v) is 6.46. The summed E-state index contributed by atoms with van der Waals surface area (Å²) in [5.41, 5.74) is -1.37. The number of hydrogen-bond donors (Lipinski definition) is 12. The average Bonchev–Trinajstić information content (AvgIpc) is 3.15. The Bertz CT molecular complexity index is 1870. The Morgan fingerprint density at radius 3 is 2.05 bits per heavy atom. The highest BCUT2D eigenvalue weighted by Crippen LogP contribution is 2.40. The first-order valence-corrected chi connectivity index (χ1v) is 16.9. The van der Waals surface area contributed by atoms with Crippen molar-refractivity contribution in [1.29, 1.82) is 0 Å². The minimum absolute atomic E-state index is 0.0276. The van der Waals surface area contributed by atoms with Crippen molar-refractivity contribution in [3.63, 3.8) is 0 Å². The SMILES string of the molecule is COc1cc(-c2oc3cc(O)cc(O)c3c(=O)c2O[C@@H]2OC(CO[C@@H]3OC(CO)[C@@H](O)[C@H](O)C3O)[C@@H](O)[C@H](O)C2O[C@@H]2OC(C)[C@H](O)C(O)[C@@H]2O)ccc1O. The van der Waals surface area contributed by atoms with Crippen LogP contribution in [0.3, 0.4) is 0 Å². The second kappa shape index (κ2) is 16.3. The first kappa shape index (κ1) is 40.7. The number of aromatic hydroxyl groups is 3. The molecule has 0 saturated carbocycles. The van der Waals surface area contributed by atoms with E-state index in [9.17, 15) is 66.1 Å². The van der Waals surface area contributed by atoms with E-state index in [1.165, 1.54) is 32.2 Å². The van der Waals surface area contributed by atoms with Crippen LogP contribution in [0.2, 0.25) is 0 Å². The molecule has 15 atom stereocenters. The molecule has 0 bridgehead atoms. The van der Waals surface area contributed by atoms with Crippen molar-refractivity contribution in [3.05, 3.63) is 40.6 Å². The van der Waals surface area contributed by atoms with Gasteiger partial charge in [-0.25, -0.2) is 0 Å². The van der Waals surface area contributed by atoms with Gasteiger partial charge in [0.15, 0.2) is 35.9 Å². The van der Waals surface area contributed by atoms with Gasteiger partial charge in [0.25, 0.3) is 0 Å². The molecule has 12 N–H and O–H groups in total. The first-order chi connectivity index (χ1) is 26.1. The van der Waals surface area contributed by atoms with Crippen molar-refractivity contribution < 1.29 is 98.9 Å². The highest BCUT2D eigenvalue weighted by atomic mass is 16.8. The molecule has 304 valence electrons. The number of rotatable bonds is 10. The van der Waals surface area contributed by atoms with Gasteiger partial charge in [0.1, 0.15) is 83.5 Å². The van der Waals surface area contributed by atoms with Crippen LogP contribution in [0.1, 0.15) is 6.92 Å². The third kappa shape index (κ3) is 7.77. The molecule has 0 amide bonds. The van der Waals surface area contributed by atoms with Crippen LogP contribution in [0.5, 0.6) is 28.7 Å². The van der Waals surface area contributed by atoms with Crippen LogP contribution in [-0.4, -0.2) is 174 Å². The van der Waals surface area contributed by atoms with E-state index in [2.05, 4.69) is 0 Å². The van der Waals surface area contributed by atoms with Crippen LogP contribution in [-0.2, 0) is 23.7 Å². The third-order valence-electron chi connectivity index (χ3n) is 9.61. The van der Waals surface area contributed by atoms with E-state index in [-0.39, 0.29) is 22.6 Å².